The zero-order valence-electron chi connectivity index (χ0n) is 9.82. The van der Waals surface area contributed by atoms with Crippen LogP contribution in [-0.4, -0.2) is 46.5 Å². The Morgan fingerprint density at radius 3 is 2.53 bits per heavy atom. The Morgan fingerprint density at radius 1 is 1.40 bits per heavy atom. The van der Waals surface area contributed by atoms with Crippen molar-refractivity contribution in [3.05, 3.63) is 0 Å². The number of aliphatic hydroxyl groups excluding tert-OH is 1. The third kappa shape index (κ3) is 2.52. The molecule has 15 heavy (non-hydrogen) atoms. The van der Waals surface area contributed by atoms with Gasteiger partial charge in [-0.3, -0.25) is 4.90 Å². The molecule has 3 nitrogen and oxygen atoms in total. The molecule has 0 unspecified atom stereocenters. The fraction of sp³-hybridized carbons (Fsp3) is 1.00. The van der Waals surface area contributed by atoms with Gasteiger partial charge in [-0.15, -0.1) is 0 Å². The molecule has 2 N–H and O–H groups in total. The maximum absolute atomic E-state index is 10.3. The van der Waals surface area contributed by atoms with E-state index in [4.69, 9.17) is 0 Å². The average molecular weight is 213 g/mol. The number of nitrogens with zero attached hydrogens (tertiary/aromatic N) is 1. The van der Waals surface area contributed by atoms with Crippen LogP contribution in [0.2, 0.25) is 0 Å². The van der Waals surface area contributed by atoms with Crippen molar-refractivity contribution >= 4 is 0 Å². The lowest BCUT2D eigenvalue weighted by Crippen LogP contribution is -2.53. The molecule has 1 aliphatic heterocycles. The number of aliphatic hydroxyl groups is 2. The standard InChI is InChI=1S/C12H23NO2/c1-9(2)10-5-12(15,6-10)8-13-4-3-11(14)7-13/h9-11,14-15H,3-8H2,1-2H3/t10-,11-,12+/m1/s1. The molecule has 3 heteroatoms. The third-order valence-electron chi connectivity index (χ3n) is 3.99. The molecule has 88 valence electrons. The van der Waals surface area contributed by atoms with Gasteiger partial charge in [0.1, 0.15) is 0 Å². The van der Waals surface area contributed by atoms with Crippen LogP contribution in [0.3, 0.4) is 0 Å². The lowest BCUT2D eigenvalue weighted by atomic mass is 9.66. The zero-order valence-corrected chi connectivity index (χ0v) is 9.82. The minimum absolute atomic E-state index is 0.172. The number of hydrogen-bond acceptors (Lipinski definition) is 3. The molecular weight excluding hydrogens is 190 g/mol. The van der Waals surface area contributed by atoms with Crippen LogP contribution in [0.4, 0.5) is 0 Å². The Labute approximate surface area is 92.1 Å². The summed E-state index contributed by atoms with van der Waals surface area (Å²) in [7, 11) is 0. The fourth-order valence-corrected chi connectivity index (χ4v) is 2.89. The van der Waals surface area contributed by atoms with Gasteiger partial charge in [0.2, 0.25) is 0 Å². The minimum Gasteiger partial charge on any atom is -0.392 e. The molecule has 1 saturated carbocycles. The lowest BCUT2D eigenvalue weighted by Gasteiger charge is -2.47. The fourth-order valence-electron chi connectivity index (χ4n) is 2.89. The number of likely N-dealkylation sites (tertiary alicyclic amines) is 1. The third-order valence-corrected chi connectivity index (χ3v) is 3.99. The van der Waals surface area contributed by atoms with E-state index >= 15 is 0 Å². The second kappa shape index (κ2) is 4.04. The van der Waals surface area contributed by atoms with Gasteiger partial charge in [0, 0.05) is 19.6 Å². The Bertz CT molecular complexity index is 224. The van der Waals surface area contributed by atoms with Crippen LogP contribution in [0, 0.1) is 11.8 Å². The second-order valence-corrected chi connectivity index (χ2v) is 5.81. The molecule has 0 aromatic rings. The molecule has 2 aliphatic rings. The van der Waals surface area contributed by atoms with Gasteiger partial charge in [0.25, 0.3) is 0 Å². The summed E-state index contributed by atoms with van der Waals surface area (Å²) in [5.41, 5.74) is -0.459. The predicted octanol–water partition coefficient (Wildman–Crippen LogP) is 0.850. The molecule has 1 saturated heterocycles. The topological polar surface area (TPSA) is 43.7 Å². The van der Waals surface area contributed by atoms with Crippen molar-refractivity contribution in [1.82, 2.24) is 4.90 Å². The van der Waals surface area contributed by atoms with Gasteiger partial charge in [0.05, 0.1) is 11.7 Å². The van der Waals surface area contributed by atoms with Crippen molar-refractivity contribution in [2.75, 3.05) is 19.6 Å². The Balaban J connectivity index is 1.76. The highest BCUT2D eigenvalue weighted by molar-refractivity contribution is 4.98. The van der Waals surface area contributed by atoms with Gasteiger partial charge in [-0.25, -0.2) is 0 Å². The van der Waals surface area contributed by atoms with Crippen LogP contribution in [-0.2, 0) is 0 Å². The van der Waals surface area contributed by atoms with Crippen LogP contribution in [0.25, 0.3) is 0 Å². The van der Waals surface area contributed by atoms with Gasteiger partial charge >= 0.3 is 0 Å². The quantitative estimate of drug-likeness (QED) is 0.730. The first-order chi connectivity index (χ1) is 6.98. The molecule has 0 aromatic carbocycles. The first-order valence-corrected chi connectivity index (χ1v) is 6.11. The zero-order chi connectivity index (χ0) is 11.1. The number of rotatable bonds is 3. The normalized spacial score (nSPS) is 42.2. The number of β-amino-alcohol motifs (C(OH)–C–C–N with tert-alkyl or cyclic N) is 2. The summed E-state index contributed by atoms with van der Waals surface area (Å²) in [5.74, 6) is 1.39. The SMILES string of the molecule is CC(C)[C@H]1C[C@](O)(CN2CC[C@@H](O)C2)C1. The van der Waals surface area contributed by atoms with Crippen molar-refractivity contribution in [1.29, 1.82) is 0 Å². The molecule has 0 aromatic heterocycles. The van der Waals surface area contributed by atoms with Gasteiger partial charge in [-0.05, 0) is 31.1 Å². The molecule has 0 radical (unpaired) electrons. The van der Waals surface area contributed by atoms with Crippen molar-refractivity contribution in [2.24, 2.45) is 11.8 Å². The summed E-state index contributed by atoms with van der Waals surface area (Å²) >= 11 is 0. The van der Waals surface area contributed by atoms with Gasteiger partial charge in [-0.1, -0.05) is 13.8 Å². The van der Waals surface area contributed by atoms with E-state index in [-0.39, 0.29) is 6.10 Å². The van der Waals surface area contributed by atoms with Crippen LogP contribution < -0.4 is 0 Å². The van der Waals surface area contributed by atoms with Gasteiger partial charge < -0.3 is 10.2 Å². The summed E-state index contributed by atoms with van der Waals surface area (Å²) < 4.78 is 0. The van der Waals surface area contributed by atoms with E-state index < -0.39 is 5.60 Å². The minimum atomic E-state index is -0.459. The highest BCUT2D eigenvalue weighted by Gasteiger charge is 2.45. The van der Waals surface area contributed by atoms with Crippen molar-refractivity contribution in [3.8, 4) is 0 Å². The van der Waals surface area contributed by atoms with Crippen LogP contribution in [0.15, 0.2) is 0 Å². The highest BCUT2D eigenvalue weighted by Crippen LogP contribution is 2.42. The molecule has 2 rings (SSSR count). The van der Waals surface area contributed by atoms with Crippen LogP contribution in [0.1, 0.15) is 33.1 Å². The number of hydrogen-bond donors (Lipinski definition) is 2. The average Bonchev–Trinajstić information content (AvgIpc) is 2.46. The summed E-state index contributed by atoms with van der Waals surface area (Å²) in [4.78, 5) is 2.20. The lowest BCUT2D eigenvalue weighted by molar-refractivity contribution is -0.103. The van der Waals surface area contributed by atoms with Crippen LogP contribution in [0.5, 0.6) is 0 Å². The molecule has 1 heterocycles. The summed E-state index contributed by atoms with van der Waals surface area (Å²) in [6, 6.07) is 0. The first-order valence-electron chi connectivity index (χ1n) is 6.11. The van der Waals surface area contributed by atoms with Gasteiger partial charge in [0.15, 0.2) is 0 Å². The van der Waals surface area contributed by atoms with E-state index in [0.29, 0.717) is 11.8 Å². The van der Waals surface area contributed by atoms with E-state index in [9.17, 15) is 10.2 Å². The smallest absolute Gasteiger partial charge is 0.0779 e. The van der Waals surface area contributed by atoms with E-state index in [2.05, 4.69) is 18.7 Å². The first kappa shape index (κ1) is 11.4. The van der Waals surface area contributed by atoms with E-state index in [1.807, 2.05) is 0 Å². The highest BCUT2D eigenvalue weighted by atomic mass is 16.3. The molecule has 0 bridgehead atoms. The molecular formula is C12H23NO2. The maximum Gasteiger partial charge on any atom is 0.0779 e. The summed E-state index contributed by atoms with van der Waals surface area (Å²) in [5, 5.41) is 19.7. The van der Waals surface area contributed by atoms with E-state index in [1.54, 1.807) is 0 Å². The Hall–Kier alpha value is -0.120. The van der Waals surface area contributed by atoms with E-state index in [1.165, 1.54) is 0 Å². The van der Waals surface area contributed by atoms with Crippen molar-refractivity contribution in [3.63, 3.8) is 0 Å². The molecule has 2 fully saturated rings. The van der Waals surface area contributed by atoms with E-state index in [0.717, 1.165) is 38.9 Å². The molecule has 0 amide bonds. The second-order valence-electron chi connectivity index (χ2n) is 5.81. The Kier molecular flexibility index (Phi) is 3.06. The largest absolute Gasteiger partial charge is 0.392 e. The molecule has 0 spiro atoms. The molecule has 1 atom stereocenters. The van der Waals surface area contributed by atoms with Crippen molar-refractivity contribution in [2.45, 2.75) is 44.8 Å². The van der Waals surface area contributed by atoms with Crippen LogP contribution >= 0.6 is 0 Å². The predicted molar refractivity (Wildman–Crippen MR) is 59.6 cm³/mol. The maximum atomic E-state index is 10.3. The monoisotopic (exact) mass is 213 g/mol. The van der Waals surface area contributed by atoms with Crippen molar-refractivity contribution < 1.29 is 10.2 Å². The molecule has 1 aliphatic carbocycles. The Morgan fingerprint density at radius 2 is 2.07 bits per heavy atom. The van der Waals surface area contributed by atoms with Gasteiger partial charge in [-0.2, -0.15) is 0 Å². The summed E-state index contributed by atoms with van der Waals surface area (Å²) in [6.45, 7) is 6.89. The summed E-state index contributed by atoms with van der Waals surface area (Å²) in [6.07, 6.45) is 2.58.